The molecule has 1 aliphatic heterocycles. The molecule has 1 unspecified atom stereocenters. The minimum Gasteiger partial charge on any atom is -0.308 e. The van der Waals surface area contributed by atoms with Crippen LogP contribution >= 0.6 is 11.3 Å². The smallest absolute Gasteiger partial charge is 0.308 e. The van der Waals surface area contributed by atoms with Crippen LogP contribution in [0.5, 0.6) is 0 Å². The summed E-state index contributed by atoms with van der Waals surface area (Å²) in [4.78, 5) is 32.8. The Morgan fingerprint density at radius 1 is 1.08 bits per heavy atom. The van der Waals surface area contributed by atoms with Crippen molar-refractivity contribution in [3.8, 4) is 0 Å². The lowest BCUT2D eigenvalue weighted by molar-refractivity contribution is -0.116. The second-order valence-corrected chi connectivity index (χ2v) is 6.95. The number of carbonyl (C=O) groups excluding carboxylic acids is 2. The maximum Gasteiger partial charge on any atom is 0.334 e. The number of hydrogen-bond acceptors (Lipinski definition) is 4. The summed E-state index contributed by atoms with van der Waals surface area (Å²) in [5.41, 5.74) is 1.84. The number of aromatic nitrogens is 1. The molecule has 25 heavy (non-hydrogen) atoms. The summed E-state index contributed by atoms with van der Waals surface area (Å²) in [5, 5.41) is 0.446. The minimum absolute atomic E-state index is 0.0855. The molecular weight excluding hydrogens is 334 g/mol. The highest BCUT2D eigenvalue weighted by Gasteiger charge is 2.42. The zero-order valence-corrected chi connectivity index (χ0v) is 14.6. The van der Waals surface area contributed by atoms with Crippen molar-refractivity contribution in [1.29, 1.82) is 0 Å². The van der Waals surface area contributed by atoms with Gasteiger partial charge in [-0.05, 0) is 24.1 Å². The van der Waals surface area contributed by atoms with E-state index in [2.05, 4.69) is 4.98 Å². The molecule has 1 aromatic heterocycles. The van der Waals surface area contributed by atoms with Gasteiger partial charge in [-0.3, -0.25) is 4.79 Å². The number of thiazole rings is 1. The summed E-state index contributed by atoms with van der Waals surface area (Å²) < 4.78 is 0.964. The number of fused-ring (bicyclic) bond motifs is 1. The molecular formula is C19H17N3O2S. The van der Waals surface area contributed by atoms with E-state index in [0.29, 0.717) is 5.13 Å². The first-order valence-corrected chi connectivity index (χ1v) is 9.04. The zero-order chi connectivity index (χ0) is 17.4. The second kappa shape index (κ2) is 6.29. The van der Waals surface area contributed by atoms with Crippen LogP contribution in [0.3, 0.4) is 0 Å². The van der Waals surface area contributed by atoms with Gasteiger partial charge in [0.2, 0.25) is 5.13 Å². The summed E-state index contributed by atoms with van der Waals surface area (Å²) in [6.07, 6.45) is 0.747. The molecule has 4 rings (SSSR count). The Morgan fingerprint density at radius 3 is 2.52 bits per heavy atom. The standard InChI is InChI=1S/C19H17N3O2S/c1-2-15(13-8-4-3-5-9-13)21-12-17(23)22(19(21)24)18-20-14-10-6-7-11-16(14)25-18/h3-11,15H,2,12H2,1H3. The van der Waals surface area contributed by atoms with E-state index in [1.807, 2.05) is 61.5 Å². The highest BCUT2D eigenvalue weighted by molar-refractivity contribution is 7.22. The van der Waals surface area contributed by atoms with Gasteiger partial charge in [0, 0.05) is 0 Å². The highest BCUT2D eigenvalue weighted by atomic mass is 32.1. The molecule has 3 amide bonds. The summed E-state index contributed by atoms with van der Waals surface area (Å²) in [6, 6.07) is 17.1. The van der Waals surface area contributed by atoms with Gasteiger partial charge in [0.25, 0.3) is 5.91 Å². The van der Waals surface area contributed by atoms with Gasteiger partial charge in [-0.15, -0.1) is 0 Å². The highest BCUT2D eigenvalue weighted by Crippen LogP contribution is 2.34. The van der Waals surface area contributed by atoms with E-state index in [0.717, 1.165) is 22.2 Å². The van der Waals surface area contributed by atoms with E-state index < -0.39 is 0 Å². The third-order valence-corrected chi connectivity index (χ3v) is 5.43. The number of benzene rings is 2. The van der Waals surface area contributed by atoms with Gasteiger partial charge in [-0.2, -0.15) is 0 Å². The fraction of sp³-hybridized carbons (Fsp3) is 0.211. The topological polar surface area (TPSA) is 53.5 Å². The molecule has 3 aromatic rings. The molecule has 1 fully saturated rings. The Balaban J connectivity index is 1.68. The minimum atomic E-state index is -0.292. The molecule has 0 spiro atoms. The van der Waals surface area contributed by atoms with Crippen LogP contribution in [0.2, 0.25) is 0 Å². The fourth-order valence-electron chi connectivity index (χ4n) is 3.22. The number of hydrogen-bond donors (Lipinski definition) is 0. The Bertz CT molecular complexity index is 905. The van der Waals surface area contributed by atoms with E-state index in [4.69, 9.17) is 0 Å². The molecule has 126 valence electrons. The van der Waals surface area contributed by atoms with Gasteiger partial charge >= 0.3 is 6.03 Å². The largest absolute Gasteiger partial charge is 0.334 e. The first-order valence-electron chi connectivity index (χ1n) is 8.23. The van der Waals surface area contributed by atoms with Crippen LogP contribution in [0.15, 0.2) is 54.6 Å². The summed E-state index contributed by atoms with van der Waals surface area (Å²) in [5.74, 6) is -0.224. The number of para-hydroxylation sites is 1. The predicted octanol–water partition coefficient (Wildman–Crippen LogP) is 4.22. The normalized spacial score (nSPS) is 16.0. The third kappa shape index (κ3) is 2.68. The number of urea groups is 1. The molecule has 0 radical (unpaired) electrons. The van der Waals surface area contributed by atoms with Gasteiger partial charge < -0.3 is 4.90 Å². The molecule has 2 heterocycles. The van der Waals surface area contributed by atoms with Crippen molar-refractivity contribution in [2.75, 3.05) is 11.4 Å². The van der Waals surface area contributed by atoms with Crippen LogP contribution < -0.4 is 4.90 Å². The molecule has 0 saturated carbocycles. The second-order valence-electron chi connectivity index (χ2n) is 5.94. The molecule has 1 saturated heterocycles. The van der Waals surface area contributed by atoms with Crippen molar-refractivity contribution in [3.63, 3.8) is 0 Å². The Hall–Kier alpha value is -2.73. The van der Waals surface area contributed by atoms with Crippen molar-refractivity contribution in [3.05, 3.63) is 60.2 Å². The molecule has 5 nitrogen and oxygen atoms in total. The van der Waals surface area contributed by atoms with Crippen LogP contribution in [0.4, 0.5) is 9.93 Å². The average Bonchev–Trinajstić information content (AvgIpc) is 3.17. The van der Waals surface area contributed by atoms with Crippen LogP contribution in [-0.4, -0.2) is 28.4 Å². The third-order valence-electron chi connectivity index (χ3n) is 4.41. The van der Waals surface area contributed by atoms with Gasteiger partial charge in [0.05, 0.1) is 16.3 Å². The predicted molar refractivity (Wildman–Crippen MR) is 98.7 cm³/mol. The number of carbonyl (C=O) groups is 2. The van der Waals surface area contributed by atoms with Crippen LogP contribution in [-0.2, 0) is 4.79 Å². The Labute approximate surface area is 149 Å². The monoisotopic (exact) mass is 351 g/mol. The molecule has 1 aliphatic rings. The van der Waals surface area contributed by atoms with Gasteiger partial charge in [0.1, 0.15) is 6.54 Å². The molecule has 1 atom stereocenters. The molecule has 6 heteroatoms. The average molecular weight is 351 g/mol. The number of imide groups is 1. The van der Waals surface area contributed by atoms with Gasteiger partial charge in [0.15, 0.2) is 0 Å². The Morgan fingerprint density at radius 2 is 1.80 bits per heavy atom. The van der Waals surface area contributed by atoms with E-state index in [9.17, 15) is 9.59 Å². The maximum absolute atomic E-state index is 13.0. The first kappa shape index (κ1) is 15.8. The maximum atomic E-state index is 13.0. The SMILES string of the molecule is CCC(c1ccccc1)N1CC(=O)N(c2nc3ccccc3s2)C1=O. The summed E-state index contributed by atoms with van der Waals surface area (Å²) in [7, 11) is 0. The van der Waals surface area contributed by atoms with Crippen molar-refractivity contribution >= 4 is 38.6 Å². The number of nitrogens with zero attached hydrogens (tertiary/aromatic N) is 3. The lowest BCUT2D eigenvalue weighted by Crippen LogP contribution is -2.35. The van der Waals surface area contributed by atoms with Crippen molar-refractivity contribution in [2.24, 2.45) is 0 Å². The van der Waals surface area contributed by atoms with E-state index >= 15 is 0 Å². The quantitative estimate of drug-likeness (QED) is 0.662. The van der Waals surface area contributed by atoms with Crippen LogP contribution in [0.25, 0.3) is 10.2 Å². The van der Waals surface area contributed by atoms with E-state index in [1.165, 1.54) is 16.2 Å². The first-order chi connectivity index (χ1) is 12.2. The van der Waals surface area contributed by atoms with E-state index in [1.54, 1.807) is 4.90 Å². The number of amides is 3. The molecule has 2 aromatic carbocycles. The number of rotatable bonds is 4. The lowest BCUT2D eigenvalue weighted by atomic mass is 10.0. The lowest BCUT2D eigenvalue weighted by Gasteiger charge is -2.26. The fourth-order valence-corrected chi connectivity index (χ4v) is 4.19. The van der Waals surface area contributed by atoms with Gasteiger partial charge in [-0.1, -0.05) is 60.7 Å². The van der Waals surface area contributed by atoms with Crippen molar-refractivity contribution in [2.45, 2.75) is 19.4 Å². The molecule has 0 bridgehead atoms. The Kier molecular flexibility index (Phi) is 3.97. The number of anilines is 1. The zero-order valence-electron chi connectivity index (χ0n) is 13.8. The summed E-state index contributed by atoms with van der Waals surface area (Å²) >= 11 is 1.37. The van der Waals surface area contributed by atoms with Gasteiger partial charge in [-0.25, -0.2) is 14.7 Å². The van der Waals surface area contributed by atoms with Crippen LogP contribution in [0.1, 0.15) is 24.9 Å². The van der Waals surface area contributed by atoms with Crippen LogP contribution in [0, 0.1) is 0 Å². The van der Waals surface area contributed by atoms with Crippen molar-refractivity contribution in [1.82, 2.24) is 9.88 Å². The molecule has 0 N–H and O–H groups in total. The van der Waals surface area contributed by atoms with Crippen molar-refractivity contribution < 1.29 is 9.59 Å². The summed E-state index contributed by atoms with van der Waals surface area (Å²) in [6.45, 7) is 2.11. The van der Waals surface area contributed by atoms with E-state index in [-0.39, 0.29) is 24.5 Å². The molecule has 0 aliphatic carbocycles.